The SMILES string of the molecule is CCCCCC/C=C\CCCCCCCC(=O)OCC(COC(=O)CCCCCCCCCCCCCCCCCCCCCCCCC/C=C\C/C=C\CCCCCCC)OC(=O)CCCCCCC/C=C\CCCCCC. The number of hydrogen-bond acceptors (Lipinski definition) is 6. The number of hydrogen-bond donors (Lipinski definition) is 0. The maximum absolute atomic E-state index is 12.9. The Kier molecular flexibility index (Phi) is 65.6. The van der Waals surface area contributed by atoms with E-state index in [2.05, 4.69) is 69.4 Å². The molecule has 0 rings (SSSR count). The second-order valence-corrected chi connectivity index (χ2v) is 23.8. The first kappa shape index (κ1) is 76.4. The summed E-state index contributed by atoms with van der Waals surface area (Å²) in [6, 6.07) is 0. The zero-order valence-electron chi connectivity index (χ0n) is 53.2. The Bertz CT molecular complexity index is 1360. The second-order valence-electron chi connectivity index (χ2n) is 23.8. The first-order valence-electron chi connectivity index (χ1n) is 35.1. The van der Waals surface area contributed by atoms with Gasteiger partial charge in [0.2, 0.25) is 0 Å². The molecule has 0 radical (unpaired) electrons. The van der Waals surface area contributed by atoms with Gasteiger partial charge in [0.25, 0.3) is 0 Å². The van der Waals surface area contributed by atoms with Crippen LogP contribution in [0.3, 0.4) is 0 Å². The van der Waals surface area contributed by atoms with E-state index in [-0.39, 0.29) is 31.1 Å². The van der Waals surface area contributed by atoms with Crippen molar-refractivity contribution >= 4 is 17.9 Å². The van der Waals surface area contributed by atoms with Crippen molar-refractivity contribution in [3.8, 4) is 0 Å². The second kappa shape index (κ2) is 67.9. The van der Waals surface area contributed by atoms with Gasteiger partial charge in [-0.15, -0.1) is 0 Å². The summed E-state index contributed by atoms with van der Waals surface area (Å²) in [5.41, 5.74) is 0. The zero-order chi connectivity index (χ0) is 57.1. The number of ether oxygens (including phenoxy) is 3. The van der Waals surface area contributed by atoms with Gasteiger partial charge in [-0.2, -0.15) is 0 Å². The third-order valence-corrected chi connectivity index (χ3v) is 15.8. The van der Waals surface area contributed by atoms with Crippen LogP contribution in [0.15, 0.2) is 48.6 Å². The largest absolute Gasteiger partial charge is 0.462 e. The van der Waals surface area contributed by atoms with Crippen molar-refractivity contribution in [3.63, 3.8) is 0 Å². The molecule has 6 nitrogen and oxygen atoms in total. The van der Waals surface area contributed by atoms with Gasteiger partial charge in [0.15, 0.2) is 6.10 Å². The van der Waals surface area contributed by atoms with Gasteiger partial charge in [0.1, 0.15) is 13.2 Å². The molecule has 0 saturated heterocycles. The molecule has 0 bridgehead atoms. The van der Waals surface area contributed by atoms with Gasteiger partial charge in [0.05, 0.1) is 0 Å². The first-order valence-corrected chi connectivity index (χ1v) is 35.1. The molecule has 79 heavy (non-hydrogen) atoms. The van der Waals surface area contributed by atoms with E-state index >= 15 is 0 Å². The number of allylic oxidation sites excluding steroid dienone is 8. The molecular formula is C73H134O6. The molecule has 0 aliphatic carbocycles. The number of rotatable bonds is 65. The molecule has 6 heteroatoms. The lowest BCUT2D eigenvalue weighted by Gasteiger charge is -2.18. The number of carbonyl (C=O) groups is 3. The molecule has 0 amide bonds. The lowest BCUT2D eigenvalue weighted by molar-refractivity contribution is -0.167. The van der Waals surface area contributed by atoms with E-state index in [0.29, 0.717) is 19.3 Å². The highest BCUT2D eigenvalue weighted by Crippen LogP contribution is 2.18. The molecule has 0 aromatic carbocycles. The number of esters is 3. The van der Waals surface area contributed by atoms with Crippen molar-refractivity contribution in [2.24, 2.45) is 0 Å². The molecule has 0 aromatic heterocycles. The quantitative estimate of drug-likeness (QED) is 0.0261. The summed E-state index contributed by atoms with van der Waals surface area (Å²) in [5.74, 6) is -0.872. The summed E-state index contributed by atoms with van der Waals surface area (Å²) in [6.07, 6.45) is 85.9. The smallest absolute Gasteiger partial charge is 0.306 e. The third kappa shape index (κ3) is 66.1. The van der Waals surface area contributed by atoms with E-state index in [1.807, 2.05) is 0 Å². The topological polar surface area (TPSA) is 78.9 Å². The van der Waals surface area contributed by atoms with Crippen LogP contribution in [0.4, 0.5) is 0 Å². The summed E-state index contributed by atoms with van der Waals surface area (Å²) in [7, 11) is 0. The van der Waals surface area contributed by atoms with Crippen LogP contribution in [0.5, 0.6) is 0 Å². The predicted octanol–water partition coefficient (Wildman–Crippen LogP) is 24.1. The molecule has 0 heterocycles. The Morgan fingerprint density at radius 3 is 0.722 bits per heavy atom. The van der Waals surface area contributed by atoms with Crippen LogP contribution < -0.4 is 0 Å². The molecule has 0 saturated carbocycles. The highest BCUT2D eigenvalue weighted by Gasteiger charge is 2.19. The minimum absolute atomic E-state index is 0.0747. The average Bonchev–Trinajstić information content (AvgIpc) is 3.45. The standard InChI is InChI=1S/C73H134O6/c1-4-7-10-13-16-19-22-25-26-27-28-29-30-31-32-33-34-35-36-37-38-39-40-41-42-43-44-45-46-49-51-54-57-60-63-66-72(75)78-69-70(79-73(76)67-64-61-58-55-52-48-24-21-18-15-12-9-6-3)68-77-71(74)65-62-59-56-53-50-47-23-20-17-14-11-8-5-2/h20-25,27-28,70H,4-19,26,29-69H2,1-3H3/b23-20-,24-21-,25-22-,28-27-. The predicted molar refractivity (Wildman–Crippen MR) is 344 cm³/mol. The van der Waals surface area contributed by atoms with Gasteiger partial charge in [0, 0.05) is 19.3 Å². The summed E-state index contributed by atoms with van der Waals surface area (Å²) in [4.78, 5) is 38.3. The van der Waals surface area contributed by atoms with Gasteiger partial charge in [-0.1, -0.05) is 307 Å². The van der Waals surface area contributed by atoms with Crippen molar-refractivity contribution in [1.82, 2.24) is 0 Å². The van der Waals surface area contributed by atoms with Crippen molar-refractivity contribution in [3.05, 3.63) is 48.6 Å². The van der Waals surface area contributed by atoms with E-state index in [9.17, 15) is 14.4 Å². The Morgan fingerprint density at radius 2 is 0.456 bits per heavy atom. The minimum Gasteiger partial charge on any atom is -0.462 e. The maximum atomic E-state index is 12.9. The lowest BCUT2D eigenvalue weighted by atomic mass is 10.0. The van der Waals surface area contributed by atoms with E-state index < -0.39 is 6.10 Å². The third-order valence-electron chi connectivity index (χ3n) is 15.8. The van der Waals surface area contributed by atoms with Crippen molar-refractivity contribution in [2.45, 2.75) is 386 Å². The Morgan fingerprint density at radius 1 is 0.253 bits per heavy atom. The van der Waals surface area contributed by atoms with Gasteiger partial charge in [-0.3, -0.25) is 14.4 Å². The fourth-order valence-electron chi connectivity index (χ4n) is 10.5. The van der Waals surface area contributed by atoms with Crippen molar-refractivity contribution in [2.75, 3.05) is 13.2 Å². The van der Waals surface area contributed by atoms with Gasteiger partial charge < -0.3 is 14.2 Å². The van der Waals surface area contributed by atoms with Crippen molar-refractivity contribution < 1.29 is 28.6 Å². The molecule has 0 aliphatic rings. The first-order chi connectivity index (χ1) is 39.0. The number of carbonyl (C=O) groups excluding carboxylic acids is 3. The average molecular weight is 1110 g/mol. The normalized spacial score (nSPS) is 12.3. The van der Waals surface area contributed by atoms with Crippen LogP contribution in [-0.4, -0.2) is 37.2 Å². The fourth-order valence-corrected chi connectivity index (χ4v) is 10.5. The zero-order valence-corrected chi connectivity index (χ0v) is 53.2. The molecule has 1 unspecified atom stereocenters. The maximum Gasteiger partial charge on any atom is 0.306 e. The Balaban J connectivity index is 4.03. The van der Waals surface area contributed by atoms with Crippen LogP contribution in [0.25, 0.3) is 0 Å². The van der Waals surface area contributed by atoms with Gasteiger partial charge in [-0.05, 0) is 103 Å². The summed E-state index contributed by atoms with van der Waals surface area (Å²) >= 11 is 0. The molecule has 0 spiro atoms. The molecule has 0 N–H and O–H groups in total. The van der Waals surface area contributed by atoms with Crippen LogP contribution in [0.2, 0.25) is 0 Å². The van der Waals surface area contributed by atoms with Crippen molar-refractivity contribution in [1.29, 1.82) is 0 Å². The monoisotopic (exact) mass is 1110 g/mol. The van der Waals surface area contributed by atoms with Crippen LogP contribution in [0, 0.1) is 0 Å². The van der Waals surface area contributed by atoms with E-state index in [0.717, 1.165) is 77.0 Å². The molecule has 0 aliphatic heterocycles. The minimum atomic E-state index is -0.778. The highest BCUT2D eigenvalue weighted by atomic mass is 16.6. The van der Waals surface area contributed by atoms with Crippen LogP contribution in [-0.2, 0) is 28.6 Å². The molecule has 462 valence electrons. The van der Waals surface area contributed by atoms with Gasteiger partial charge >= 0.3 is 17.9 Å². The lowest BCUT2D eigenvalue weighted by Crippen LogP contribution is -2.30. The summed E-state index contributed by atoms with van der Waals surface area (Å²) < 4.78 is 16.9. The van der Waals surface area contributed by atoms with Crippen LogP contribution >= 0.6 is 0 Å². The molecule has 0 aromatic rings. The number of unbranched alkanes of at least 4 members (excludes halogenated alkanes) is 46. The van der Waals surface area contributed by atoms with Gasteiger partial charge in [-0.25, -0.2) is 0 Å². The highest BCUT2D eigenvalue weighted by molar-refractivity contribution is 5.71. The van der Waals surface area contributed by atoms with Crippen LogP contribution in [0.1, 0.15) is 380 Å². The van der Waals surface area contributed by atoms with E-state index in [4.69, 9.17) is 14.2 Å². The Hall–Kier alpha value is -2.63. The molecule has 0 fully saturated rings. The fraction of sp³-hybridized carbons (Fsp3) is 0.849. The summed E-state index contributed by atoms with van der Waals surface area (Å²) in [6.45, 7) is 6.63. The molecular weight excluding hydrogens is 973 g/mol. The van der Waals surface area contributed by atoms with E-state index in [1.54, 1.807) is 0 Å². The molecule has 1 atom stereocenters. The Labute approximate surface area is 492 Å². The van der Waals surface area contributed by atoms with E-state index in [1.165, 1.54) is 263 Å². The summed E-state index contributed by atoms with van der Waals surface area (Å²) in [5, 5.41) is 0.